The van der Waals surface area contributed by atoms with Gasteiger partial charge in [-0.05, 0) is 35.7 Å². The Labute approximate surface area is 126 Å². The lowest BCUT2D eigenvalue weighted by molar-refractivity contribution is 0.542. The Morgan fingerprint density at radius 3 is 2.23 bits per heavy atom. The van der Waals surface area contributed by atoms with E-state index < -0.39 is 17.5 Å². The lowest BCUT2D eigenvalue weighted by atomic mass is 9.95. The minimum atomic E-state index is -0.662. The molecular weight excluding hydrogens is 289 g/mol. The van der Waals surface area contributed by atoms with Crippen LogP contribution in [0.4, 0.5) is 13.2 Å². The molecule has 2 aromatic carbocycles. The molecule has 1 aromatic heterocycles. The van der Waals surface area contributed by atoms with Crippen LogP contribution in [0.1, 0.15) is 25.3 Å². The number of benzene rings is 2. The highest BCUT2D eigenvalue weighted by Gasteiger charge is 2.19. The van der Waals surface area contributed by atoms with Crippen LogP contribution in [0.2, 0.25) is 0 Å². The Morgan fingerprint density at radius 2 is 1.64 bits per heavy atom. The molecule has 0 N–H and O–H groups in total. The fourth-order valence-electron chi connectivity index (χ4n) is 2.76. The maximum absolute atomic E-state index is 14.3. The molecule has 0 saturated carbocycles. The molecule has 0 spiro atoms. The van der Waals surface area contributed by atoms with Crippen molar-refractivity contribution in [3.05, 3.63) is 53.5 Å². The molecule has 0 aliphatic rings. The Bertz CT molecular complexity index is 843. The van der Waals surface area contributed by atoms with E-state index >= 15 is 0 Å². The molecule has 0 aliphatic carbocycles. The van der Waals surface area contributed by atoms with Crippen LogP contribution in [-0.4, -0.2) is 9.78 Å². The Kier molecular flexibility index (Phi) is 3.43. The average molecular weight is 304 g/mol. The Hall–Kier alpha value is -2.30. The summed E-state index contributed by atoms with van der Waals surface area (Å²) in [6, 6.07) is 5.17. The third kappa shape index (κ3) is 2.26. The lowest BCUT2D eigenvalue weighted by Gasteiger charge is -2.12. The molecule has 3 aromatic rings. The molecule has 0 bridgehead atoms. The molecule has 2 nitrogen and oxygen atoms in total. The monoisotopic (exact) mass is 304 g/mol. The van der Waals surface area contributed by atoms with Crippen molar-refractivity contribution >= 4 is 10.9 Å². The van der Waals surface area contributed by atoms with E-state index in [1.54, 1.807) is 37.8 Å². The van der Waals surface area contributed by atoms with E-state index in [2.05, 4.69) is 5.10 Å². The smallest absolute Gasteiger partial charge is 0.131 e. The van der Waals surface area contributed by atoms with Gasteiger partial charge in [-0.1, -0.05) is 13.8 Å². The predicted molar refractivity (Wildman–Crippen MR) is 80.1 cm³/mol. The van der Waals surface area contributed by atoms with Crippen LogP contribution in [0.3, 0.4) is 0 Å². The number of hydrogen-bond acceptors (Lipinski definition) is 1. The second kappa shape index (κ2) is 5.16. The van der Waals surface area contributed by atoms with Gasteiger partial charge in [0.25, 0.3) is 0 Å². The molecular formula is C17H15F3N2. The van der Waals surface area contributed by atoms with Gasteiger partial charge in [-0.15, -0.1) is 0 Å². The number of aromatic nitrogens is 2. The quantitative estimate of drug-likeness (QED) is 0.666. The van der Waals surface area contributed by atoms with Gasteiger partial charge >= 0.3 is 0 Å². The van der Waals surface area contributed by atoms with Crippen LogP contribution >= 0.6 is 0 Å². The summed E-state index contributed by atoms with van der Waals surface area (Å²) < 4.78 is 44.2. The topological polar surface area (TPSA) is 17.8 Å². The molecule has 5 heteroatoms. The summed E-state index contributed by atoms with van der Waals surface area (Å²) >= 11 is 0. The van der Waals surface area contributed by atoms with E-state index in [-0.39, 0.29) is 22.6 Å². The number of hydrogen-bond donors (Lipinski definition) is 0. The number of aryl methyl sites for hydroxylation is 1. The maximum Gasteiger partial charge on any atom is 0.131 e. The van der Waals surface area contributed by atoms with Crippen LogP contribution in [0.15, 0.2) is 30.5 Å². The minimum Gasteiger partial charge on any atom is -0.275 e. The summed E-state index contributed by atoms with van der Waals surface area (Å²) in [7, 11) is 1.71. The van der Waals surface area contributed by atoms with E-state index in [0.29, 0.717) is 10.9 Å². The van der Waals surface area contributed by atoms with Crippen molar-refractivity contribution in [1.82, 2.24) is 9.78 Å². The van der Waals surface area contributed by atoms with Crippen molar-refractivity contribution in [2.75, 3.05) is 0 Å². The van der Waals surface area contributed by atoms with Crippen LogP contribution in [-0.2, 0) is 7.05 Å². The van der Waals surface area contributed by atoms with E-state index in [0.717, 1.165) is 0 Å². The van der Waals surface area contributed by atoms with Crippen LogP contribution in [0, 0.1) is 17.5 Å². The fourth-order valence-corrected chi connectivity index (χ4v) is 2.76. The number of halogens is 3. The first kappa shape index (κ1) is 14.6. The zero-order valence-electron chi connectivity index (χ0n) is 12.5. The Morgan fingerprint density at radius 1 is 1.00 bits per heavy atom. The van der Waals surface area contributed by atoms with Crippen molar-refractivity contribution in [1.29, 1.82) is 0 Å². The van der Waals surface area contributed by atoms with E-state index in [1.165, 1.54) is 18.2 Å². The molecule has 0 amide bonds. The van der Waals surface area contributed by atoms with Crippen LogP contribution in [0.25, 0.3) is 22.0 Å². The second-order valence-electron chi connectivity index (χ2n) is 5.67. The molecule has 22 heavy (non-hydrogen) atoms. The number of nitrogens with zero attached hydrogens (tertiary/aromatic N) is 2. The van der Waals surface area contributed by atoms with Crippen molar-refractivity contribution in [3.8, 4) is 11.1 Å². The van der Waals surface area contributed by atoms with Crippen molar-refractivity contribution in [3.63, 3.8) is 0 Å². The third-order valence-electron chi connectivity index (χ3n) is 3.70. The first-order valence-electron chi connectivity index (χ1n) is 6.99. The summed E-state index contributed by atoms with van der Waals surface area (Å²) in [4.78, 5) is 0. The number of fused-ring (bicyclic) bond motifs is 1. The van der Waals surface area contributed by atoms with E-state index in [9.17, 15) is 13.2 Å². The SMILES string of the molecule is CC(C)c1c(F)cc(-c2c(F)ccc3nn(C)cc23)cc1F. The molecule has 0 radical (unpaired) electrons. The highest BCUT2D eigenvalue weighted by molar-refractivity contribution is 5.94. The zero-order chi connectivity index (χ0) is 16.0. The van der Waals surface area contributed by atoms with Gasteiger partial charge in [-0.25, -0.2) is 13.2 Å². The highest BCUT2D eigenvalue weighted by Crippen LogP contribution is 2.34. The molecule has 0 aliphatic heterocycles. The lowest BCUT2D eigenvalue weighted by Crippen LogP contribution is -1.99. The van der Waals surface area contributed by atoms with Crippen LogP contribution in [0.5, 0.6) is 0 Å². The predicted octanol–water partition coefficient (Wildman–Crippen LogP) is 4.78. The zero-order valence-corrected chi connectivity index (χ0v) is 12.5. The summed E-state index contributed by atoms with van der Waals surface area (Å²) in [5, 5.41) is 4.72. The number of rotatable bonds is 2. The second-order valence-corrected chi connectivity index (χ2v) is 5.67. The van der Waals surface area contributed by atoms with Gasteiger partial charge in [-0.2, -0.15) is 5.10 Å². The molecule has 0 fully saturated rings. The van der Waals surface area contributed by atoms with Gasteiger partial charge in [0.2, 0.25) is 0 Å². The highest BCUT2D eigenvalue weighted by atomic mass is 19.1. The van der Waals surface area contributed by atoms with Crippen LogP contribution < -0.4 is 0 Å². The van der Waals surface area contributed by atoms with Gasteiger partial charge in [0.05, 0.1) is 5.52 Å². The Balaban J connectivity index is 2.30. The van der Waals surface area contributed by atoms with Crippen molar-refractivity contribution < 1.29 is 13.2 Å². The van der Waals surface area contributed by atoms with Gasteiger partial charge in [0, 0.05) is 29.8 Å². The first-order valence-corrected chi connectivity index (χ1v) is 6.99. The molecule has 0 atom stereocenters. The molecule has 0 saturated heterocycles. The minimum absolute atomic E-state index is 0.0162. The van der Waals surface area contributed by atoms with Gasteiger partial charge in [0.15, 0.2) is 0 Å². The van der Waals surface area contributed by atoms with E-state index in [1.807, 2.05) is 0 Å². The largest absolute Gasteiger partial charge is 0.275 e. The van der Waals surface area contributed by atoms with Crippen molar-refractivity contribution in [2.45, 2.75) is 19.8 Å². The average Bonchev–Trinajstić information content (AvgIpc) is 2.77. The third-order valence-corrected chi connectivity index (χ3v) is 3.70. The standard InChI is InChI=1S/C17H15F3N2/c1-9(2)16-13(19)6-10(7-14(16)20)17-11-8-22(3)21-15(11)5-4-12(17)18/h4-9H,1-3H3. The van der Waals surface area contributed by atoms with Crippen molar-refractivity contribution in [2.24, 2.45) is 7.05 Å². The molecule has 114 valence electrons. The summed E-state index contributed by atoms with van der Waals surface area (Å²) in [6.45, 7) is 3.42. The first-order chi connectivity index (χ1) is 10.4. The summed E-state index contributed by atoms with van der Waals surface area (Å²) in [5.74, 6) is -2.14. The normalized spacial score (nSPS) is 11.6. The molecule has 1 heterocycles. The van der Waals surface area contributed by atoms with E-state index in [4.69, 9.17) is 0 Å². The summed E-state index contributed by atoms with van der Waals surface area (Å²) in [6.07, 6.45) is 1.64. The molecule has 0 unspecified atom stereocenters. The van der Waals surface area contributed by atoms with Gasteiger partial charge in [-0.3, -0.25) is 4.68 Å². The van der Waals surface area contributed by atoms with Gasteiger partial charge < -0.3 is 0 Å². The maximum atomic E-state index is 14.3. The van der Waals surface area contributed by atoms with Gasteiger partial charge in [0.1, 0.15) is 17.5 Å². The molecule has 3 rings (SSSR count). The fraction of sp³-hybridized carbons (Fsp3) is 0.235. The summed E-state index contributed by atoms with van der Waals surface area (Å²) in [5.41, 5.74) is 0.935.